The summed E-state index contributed by atoms with van der Waals surface area (Å²) < 4.78 is 53.2. The van der Waals surface area contributed by atoms with Crippen LogP contribution in [0, 0.1) is 0 Å². The zero-order valence-electron chi connectivity index (χ0n) is 17.0. The van der Waals surface area contributed by atoms with Gasteiger partial charge in [-0.15, -0.1) is 0 Å². The fourth-order valence-corrected chi connectivity index (χ4v) is 4.14. The molecule has 3 heterocycles. The summed E-state index contributed by atoms with van der Waals surface area (Å²) in [4.78, 5) is 12.6. The minimum absolute atomic E-state index is 0.0709. The Morgan fingerprint density at radius 3 is 2.76 bits per heavy atom. The third-order valence-electron chi connectivity index (χ3n) is 5.62. The van der Waals surface area contributed by atoms with Crippen LogP contribution in [-0.4, -0.2) is 28.7 Å². The van der Waals surface area contributed by atoms with E-state index in [1.807, 2.05) is 0 Å². The molecule has 0 saturated carbocycles. The van der Waals surface area contributed by atoms with Gasteiger partial charge >= 0.3 is 6.18 Å². The summed E-state index contributed by atoms with van der Waals surface area (Å²) in [6, 6.07) is 10.8. The largest absolute Gasteiger partial charge is 0.454 e. The highest BCUT2D eigenvalue weighted by molar-refractivity contribution is 6.31. The van der Waals surface area contributed by atoms with Gasteiger partial charge in [-0.2, -0.15) is 18.3 Å². The van der Waals surface area contributed by atoms with Crippen LogP contribution in [-0.2, 0) is 6.54 Å². The molecule has 2 aromatic carbocycles. The van der Waals surface area contributed by atoms with Crippen molar-refractivity contribution in [2.24, 2.45) is 0 Å². The van der Waals surface area contributed by atoms with Crippen LogP contribution in [0.15, 0.2) is 48.5 Å². The molecule has 7 nitrogen and oxygen atoms in total. The summed E-state index contributed by atoms with van der Waals surface area (Å²) in [6.45, 7) is 0.193. The molecular weight excluding hydrogens is 461 g/mol. The zero-order valence-corrected chi connectivity index (χ0v) is 17.8. The lowest BCUT2D eigenvalue weighted by molar-refractivity contribution is -0.173. The second kappa shape index (κ2) is 8.18. The Balaban J connectivity index is 1.40. The van der Waals surface area contributed by atoms with Crippen LogP contribution in [0.25, 0.3) is 0 Å². The average Bonchev–Trinajstić information content (AvgIpc) is 3.43. The van der Waals surface area contributed by atoms with E-state index in [0.29, 0.717) is 27.6 Å². The Bertz CT molecular complexity index is 1210. The highest BCUT2D eigenvalue weighted by atomic mass is 35.5. The van der Waals surface area contributed by atoms with Crippen LogP contribution in [0.5, 0.6) is 11.5 Å². The van der Waals surface area contributed by atoms with Crippen LogP contribution in [0.2, 0.25) is 5.02 Å². The molecule has 0 spiro atoms. The highest BCUT2D eigenvalue weighted by Crippen LogP contribution is 2.45. The van der Waals surface area contributed by atoms with Gasteiger partial charge in [0.2, 0.25) is 6.79 Å². The molecule has 172 valence electrons. The van der Waals surface area contributed by atoms with Crippen molar-refractivity contribution in [2.75, 3.05) is 12.1 Å². The number of benzene rings is 2. The number of nitrogens with one attached hydrogen (secondary N) is 2. The van der Waals surface area contributed by atoms with E-state index in [1.54, 1.807) is 42.5 Å². The number of carbonyl (C=O) groups excluding carboxylic acids is 1. The Kier molecular flexibility index (Phi) is 5.32. The Morgan fingerprint density at radius 1 is 1.18 bits per heavy atom. The number of halogens is 4. The van der Waals surface area contributed by atoms with E-state index in [2.05, 4.69) is 15.7 Å². The summed E-state index contributed by atoms with van der Waals surface area (Å²) in [5.74, 6) is 0.536. The van der Waals surface area contributed by atoms with Crippen LogP contribution in [0.1, 0.15) is 40.1 Å². The molecule has 11 heteroatoms. The molecule has 0 unspecified atom stereocenters. The van der Waals surface area contributed by atoms with Gasteiger partial charge in [0.25, 0.3) is 5.91 Å². The lowest BCUT2D eigenvalue weighted by Gasteiger charge is -2.33. The fourth-order valence-electron chi connectivity index (χ4n) is 3.94. The molecule has 2 atom stereocenters. The van der Waals surface area contributed by atoms with E-state index in [1.165, 1.54) is 6.07 Å². The van der Waals surface area contributed by atoms with E-state index in [9.17, 15) is 18.0 Å². The molecule has 2 aliphatic heterocycles. The van der Waals surface area contributed by atoms with Crippen molar-refractivity contribution in [2.45, 2.75) is 31.2 Å². The van der Waals surface area contributed by atoms with Gasteiger partial charge in [0.15, 0.2) is 23.2 Å². The number of rotatable bonds is 4. The smallest absolute Gasteiger partial charge is 0.410 e. The Morgan fingerprint density at radius 2 is 1.97 bits per heavy atom. The van der Waals surface area contributed by atoms with Crippen molar-refractivity contribution in [1.82, 2.24) is 15.1 Å². The van der Waals surface area contributed by atoms with Crippen molar-refractivity contribution in [3.8, 4) is 11.5 Å². The summed E-state index contributed by atoms with van der Waals surface area (Å²) >= 11 is 6.09. The quantitative estimate of drug-likeness (QED) is 0.560. The number of fused-ring (bicyclic) bond motifs is 2. The van der Waals surface area contributed by atoms with Gasteiger partial charge in [0, 0.05) is 24.1 Å². The van der Waals surface area contributed by atoms with Crippen LogP contribution in [0.3, 0.4) is 0 Å². The molecule has 3 aromatic rings. The minimum atomic E-state index is -4.55. The topological polar surface area (TPSA) is 77.4 Å². The van der Waals surface area contributed by atoms with E-state index < -0.39 is 24.2 Å². The third kappa shape index (κ3) is 4.18. The van der Waals surface area contributed by atoms with Crippen LogP contribution < -0.4 is 20.1 Å². The lowest BCUT2D eigenvalue weighted by Crippen LogP contribution is -2.35. The van der Waals surface area contributed by atoms with Crippen molar-refractivity contribution in [3.63, 3.8) is 0 Å². The molecule has 0 fully saturated rings. The van der Waals surface area contributed by atoms with Crippen molar-refractivity contribution in [3.05, 3.63) is 70.4 Å². The summed E-state index contributed by atoms with van der Waals surface area (Å²) in [5.41, 5.74) is 1.18. The number of carbonyl (C=O) groups is 1. The van der Waals surface area contributed by atoms with Crippen molar-refractivity contribution < 1.29 is 27.4 Å². The molecule has 33 heavy (non-hydrogen) atoms. The molecular formula is C22H18ClF3N4O3. The molecule has 2 aliphatic rings. The number of amides is 1. The van der Waals surface area contributed by atoms with Gasteiger partial charge in [0.1, 0.15) is 5.82 Å². The maximum Gasteiger partial charge on any atom is 0.410 e. The van der Waals surface area contributed by atoms with Gasteiger partial charge in [-0.1, -0.05) is 35.9 Å². The van der Waals surface area contributed by atoms with Gasteiger partial charge in [-0.25, -0.2) is 4.68 Å². The molecule has 0 radical (unpaired) electrons. The first-order valence-electron chi connectivity index (χ1n) is 10.1. The van der Waals surface area contributed by atoms with Crippen molar-refractivity contribution in [1.29, 1.82) is 0 Å². The SMILES string of the molecule is O=C(NCc1ccccc1Cl)c1cc2n(n1)[C@@H](C(F)(F)F)C[C@@H](c1ccc3c(c1)OCO3)N2. The second-order valence-electron chi connectivity index (χ2n) is 7.74. The normalized spacial score (nSPS) is 19.0. The Labute approximate surface area is 191 Å². The number of hydrogen-bond donors (Lipinski definition) is 2. The fraction of sp³-hybridized carbons (Fsp3) is 0.273. The van der Waals surface area contributed by atoms with Gasteiger partial charge in [-0.3, -0.25) is 4.79 Å². The predicted octanol–water partition coefficient (Wildman–Crippen LogP) is 4.86. The number of nitrogens with zero attached hydrogens (tertiary/aromatic N) is 2. The predicted molar refractivity (Wildman–Crippen MR) is 113 cm³/mol. The minimum Gasteiger partial charge on any atom is -0.454 e. The molecule has 1 amide bonds. The molecule has 0 bridgehead atoms. The number of aromatic nitrogens is 2. The maximum absolute atomic E-state index is 13.9. The van der Waals surface area contributed by atoms with E-state index in [4.69, 9.17) is 21.1 Å². The van der Waals surface area contributed by atoms with Gasteiger partial charge < -0.3 is 20.1 Å². The summed E-state index contributed by atoms with van der Waals surface area (Å²) in [7, 11) is 0. The van der Waals surface area contributed by atoms with E-state index in [-0.39, 0.29) is 31.3 Å². The summed E-state index contributed by atoms with van der Waals surface area (Å²) in [5, 5.41) is 10.2. The first-order valence-corrected chi connectivity index (χ1v) is 10.5. The average molecular weight is 479 g/mol. The maximum atomic E-state index is 13.9. The zero-order chi connectivity index (χ0) is 23.2. The first-order chi connectivity index (χ1) is 15.8. The first kappa shape index (κ1) is 21.4. The molecule has 0 aliphatic carbocycles. The van der Waals surface area contributed by atoms with Crippen molar-refractivity contribution >= 4 is 23.3 Å². The summed E-state index contributed by atoms with van der Waals surface area (Å²) in [6.07, 6.45) is -4.85. The molecule has 5 rings (SSSR count). The van der Waals surface area contributed by atoms with Crippen LogP contribution >= 0.6 is 11.6 Å². The van der Waals surface area contributed by atoms with E-state index in [0.717, 1.165) is 4.68 Å². The molecule has 1 aromatic heterocycles. The monoisotopic (exact) mass is 478 g/mol. The van der Waals surface area contributed by atoms with Crippen LogP contribution in [0.4, 0.5) is 19.0 Å². The standard InChI is InChI=1S/C22H18ClF3N4O3/c23-14-4-2-1-3-13(14)10-27-21(31)16-9-20-28-15(8-19(22(24,25)26)30(20)29-16)12-5-6-17-18(7-12)33-11-32-17/h1-7,9,15,19,28H,8,10-11H2,(H,27,31)/t15-,19+/m0/s1. The number of anilines is 1. The van der Waals surface area contributed by atoms with E-state index >= 15 is 0 Å². The second-order valence-corrected chi connectivity index (χ2v) is 8.14. The third-order valence-corrected chi connectivity index (χ3v) is 5.99. The number of alkyl halides is 3. The number of hydrogen-bond acceptors (Lipinski definition) is 5. The molecule has 0 saturated heterocycles. The van der Waals surface area contributed by atoms with Gasteiger partial charge in [0.05, 0.1) is 6.04 Å². The number of ether oxygens (including phenoxy) is 2. The van der Waals surface area contributed by atoms with Gasteiger partial charge in [-0.05, 0) is 29.3 Å². The highest BCUT2D eigenvalue weighted by Gasteiger charge is 2.47. The lowest BCUT2D eigenvalue weighted by atomic mass is 9.96. The molecule has 2 N–H and O–H groups in total. The Hall–Kier alpha value is -3.40.